The van der Waals surface area contributed by atoms with Gasteiger partial charge in [0.1, 0.15) is 5.76 Å². The molecule has 26 heavy (non-hydrogen) atoms. The third-order valence-electron chi connectivity index (χ3n) is 4.40. The molecule has 1 saturated heterocycles. The van der Waals surface area contributed by atoms with E-state index >= 15 is 0 Å². The fourth-order valence-electron chi connectivity index (χ4n) is 3.07. The molecule has 3 rings (SSSR count). The van der Waals surface area contributed by atoms with Crippen molar-refractivity contribution in [2.45, 2.75) is 32.7 Å². The molecule has 6 heteroatoms. The quantitative estimate of drug-likeness (QED) is 0.801. The summed E-state index contributed by atoms with van der Waals surface area (Å²) in [6.45, 7) is 5.14. The maximum absolute atomic E-state index is 12.1. The van der Waals surface area contributed by atoms with Gasteiger partial charge in [0.15, 0.2) is 5.76 Å². The van der Waals surface area contributed by atoms with E-state index in [1.54, 1.807) is 6.07 Å². The molecule has 1 aliphatic rings. The predicted octanol–water partition coefficient (Wildman–Crippen LogP) is 2.94. The normalized spacial score (nSPS) is 14.3. The summed E-state index contributed by atoms with van der Waals surface area (Å²) in [5, 5.41) is 5.55. The number of nitrogens with one attached hydrogen (secondary N) is 2. The molecular formula is C20H25N3O3. The van der Waals surface area contributed by atoms with Crippen molar-refractivity contribution in [1.29, 1.82) is 0 Å². The van der Waals surface area contributed by atoms with Crippen LogP contribution in [0.3, 0.4) is 0 Å². The average Bonchev–Trinajstić information content (AvgIpc) is 3.27. The average molecular weight is 355 g/mol. The largest absolute Gasteiger partial charge is 0.455 e. The molecule has 0 bridgehead atoms. The first-order chi connectivity index (χ1) is 12.6. The molecule has 6 nitrogen and oxygen atoms in total. The van der Waals surface area contributed by atoms with Gasteiger partial charge >= 0.3 is 0 Å². The van der Waals surface area contributed by atoms with Gasteiger partial charge in [-0.05, 0) is 62.7 Å². The van der Waals surface area contributed by atoms with Crippen molar-refractivity contribution in [2.75, 3.05) is 25.0 Å². The topological polar surface area (TPSA) is 74.6 Å². The molecule has 0 radical (unpaired) electrons. The Morgan fingerprint density at radius 3 is 2.73 bits per heavy atom. The number of furan rings is 1. The number of amides is 2. The standard InChI is InChI=1S/C20H25N3O3/c1-15-5-4-6-16(13-15)22-19(24)9-10-21-20(25)18-8-7-17(26-18)14-23-11-2-3-12-23/h4-8,13H,2-3,9-12,14H2,1H3,(H,21,25)(H,22,24). The lowest BCUT2D eigenvalue weighted by molar-refractivity contribution is -0.116. The van der Waals surface area contributed by atoms with E-state index in [-0.39, 0.29) is 24.8 Å². The minimum Gasteiger partial charge on any atom is -0.455 e. The van der Waals surface area contributed by atoms with Crippen LogP contribution in [0, 0.1) is 6.92 Å². The minimum atomic E-state index is -0.291. The van der Waals surface area contributed by atoms with Crippen LogP contribution in [0.5, 0.6) is 0 Å². The highest BCUT2D eigenvalue weighted by molar-refractivity contribution is 5.93. The molecule has 0 saturated carbocycles. The summed E-state index contributed by atoms with van der Waals surface area (Å²) in [6, 6.07) is 11.1. The molecule has 2 aromatic rings. The molecule has 0 unspecified atom stereocenters. The van der Waals surface area contributed by atoms with Crippen LogP contribution in [0.25, 0.3) is 0 Å². The number of carbonyl (C=O) groups is 2. The number of aryl methyl sites for hydroxylation is 1. The Balaban J connectivity index is 1.41. The smallest absolute Gasteiger partial charge is 0.287 e. The summed E-state index contributed by atoms with van der Waals surface area (Å²) in [6.07, 6.45) is 2.65. The molecule has 2 N–H and O–H groups in total. The van der Waals surface area contributed by atoms with Crippen molar-refractivity contribution in [2.24, 2.45) is 0 Å². The summed E-state index contributed by atoms with van der Waals surface area (Å²) in [7, 11) is 0. The van der Waals surface area contributed by atoms with Gasteiger partial charge in [-0.15, -0.1) is 0 Å². The highest BCUT2D eigenvalue weighted by atomic mass is 16.4. The fraction of sp³-hybridized carbons (Fsp3) is 0.400. The zero-order valence-corrected chi connectivity index (χ0v) is 15.1. The lowest BCUT2D eigenvalue weighted by Crippen LogP contribution is -2.27. The van der Waals surface area contributed by atoms with E-state index in [0.717, 1.165) is 36.6 Å². The lowest BCUT2D eigenvalue weighted by Gasteiger charge is -2.11. The first-order valence-electron chi connectivity index (χ1n) is 9.06. The van der Waals surface area contributed by atoms with Gasteiger partial charge in [0, 0.05) is 18.7 Å². The van der Waals surface area contributed by atoms with Gasteiger partial charge in [-0.2, -0.15) is 0 Å². The Morgan fingerprint density at radius 1 is 1.15 bits per heavy atom. The molecule has 2 heterocycles. The van der Waals surface area contributed by atoms with Gasteiger partial charge in [0.25, 0.3) is 5.91 Å². The first kappa shape index (κ1) is 18.2. The number of hydrogen-bond donors (Lipinski definition) is 2. The monoisotopic (exact) mass is 355 g/mol. The number of likely N-dealkylation sites (tertiary alicyclic amines) is 1. The van der Waals surface area contributed by atoms with E-state index in [4.69, 9.17) is 4.42 Å². The molecule has 1 aliphatic heterocycles. The Labute approximate surface area is 153 Å². The van der Waals surface area contributed by atoms with E-state index in [1.165, 1.54) is 12.8 Å². The van der Waals surface area contributed by atoms with Crippen LogP contribution in [0.1, 0.15) is 41.1 Å². The second-order valence-corrected chi connectivity index (χ2v) is 6.67. The van der Waals surface area contributed by atoms with Crippen LogP contribution in [0.15, 0.2) is 40.8 Å². The third-order valence-corrected chi connectivity index (χ3v) is 4.40. The molecule has 1 aromatic carbocycles. The summed E-state index contributed by atoms with van der Waals surface area (Å²) >= 11 is 0. The molecule has 0 atom stereocenters. The summed E-state index contributed by atoms with van der Waals surface area (Å²) in [4.78, 5) is 26.4. The molecular weight excluding hydrogens is 330 g/mol. The zero-order chi connectivity index (χ0) is 18.4. The first-order valence-corrected chi connectivity index (χ1v) is 9.06. The van der Waals surface area contributed by atoms with Crippen molar-refractivity contribution in [1.82, 2.24) is 10.2 Å². The van der Waals surface area contributed by atoms with Crippen LogP contribution in [-0.2, 0) is 11.3 Å². The fourth-order valence-corrected chi connectivity index (χ4v) is 3.07. The van der Waals surface area contributed by atoms with E-state index < -0.39 is 0 Å². The number of hydrogen-bond acceptors (Lipinski definition) is 4. The van der Waals surface area contributed by atoms with Crippen LogP contribution in [0.2, 0.25) is 0 Å². The maximum Gasteiger partial charge on any atom is 0.287 e. The predicted molar refractivity (Wildman–Crippen MR) is 100.0 cm³/mol. The van der Waals surface area contributed by atoms with E-state index in [9.17, 15) is 9.59 Å². The number of rotatable bonds is 7. The molecule has 2 amide bonds. The summed E-state index contributed by atoms with van der Waals surface area (Å²) in [5.41, 5.74) is 1.84. The van der Waals surface area contributed by atoms with Gasteiger partial charge in [-0.3, -0.25) is 14.5 Å². The van der Waals surface area contributed by atoms with Gasteiger partial charge in [-0.25, -0.2) is 0 Å². The Morgan fingerprint density at radius 2 is 1.96 bits per heavy atom. The van der Waals surface area contributed by atoms with Gasteiger partial charge in [0.05, 0.1) is 6.54 Å². The Kier molecular flexibility index (Phi) is 6.07. The highest BCUT2D eigenvalue weighted by Crippen LogP contribution is 2.15. The number of benzene rings is 1. The number of anilines is 1. The Hall–Kier alpha value is -2.60. The molecule has 1 aromatic heterocycles. The van der Waals surface area contributed by atoms with Gasteiger partial charge in [-0.1, -0.05) is 12.1 Å². The second-order valence-electron chi connectivity index (χ2n) is 6.67. The van der Waals surface area contributed by atoms with Crippen molar-refractivity contribution >= 4 is 17.5 Å². The van der Waals surface area contributed by atoms with Crippen LogP contribution in [0.4, 0.5) is 5.69 Å². The number of carbonyl (C=O) groups excluding carboxylic acids is 2. The van der Waals surface area contributed by atoms with Crippen molar-refractivity contribution in [3.8, 4) is 0 Å². The molecule has 138 valence electrons. The highest BCUT2D eigenvalue weighted by Gasteiger charge is 2.16. The lowest BCUT2D eigenvalue weighted by atomic mass is 10.2. The number of nitrogens with zero attached hydrogens (tertiary/aromatic N) is 1. The van der Waals surface area contributed by atoms with E-state index in [1.807, 2.05) is 37.3 Å². The van der Waals surface area contributed by atoms with Crippen molar-refractivity contribution in [3.63, 3.8) is 0 Å². The van der Waals surface area contributed by atoms with Gasteiger partial charge < -0.3 is 15.1 Å². The van der Waals surface area contributed by atoms with Crippen LogP contribution < -0.4 is 10.6 Å². The Bertz CT molecular complexity index is 763. The van der Waals surface area contributed by atoms with Gasteiger partial charge in [0.2, 0.25) is 5.91 Å². The van der Waals surface area contributed by atoms with Crippen LogP contribution in [-0.4, -0.2) is 36.3 Å². The maximum atomic E-state index is 12.1. The summed E-state index contributed by atoms with van der Waals surface area (Å²) < 4.78 is 5.62. The minimum absolute atomic E-state index is 0.134. The van der Waals surface area contributed by atoms with Crippen molar-refractivity contribution < 1.29 is 14.0 Å². The van der Waals surface area contributed by atoms with Crippen LogP contribution >= 0.6 is 0 Å². The van der Waals surface area contributed by atoms with Crippen molar-refractivity contribution in [3.05, 3.63) is 53.5 Å². The second kappa shape index (κ2) is 8.67. The molecule has 1 fully saturated rings. The van der Waals surface area contributed by atoms with E-state index in [0.29, 0.717) is 5.76 Å². The zero-order valence-electron chi connectivity index (χ0n) is 15.1. The third kappa shape index (κ3) is 5.20. The summed E-state index contributed by atoms with van der Waals surface area (Å²) in [5.74, 6) is 0.665. The molecule has 0 aliphatic carbocycles. The van der Waals surface area contributed by atoms with E-state index in [2.05, 4.69) is 15.5 Å². The molecule has 0 spiro atoms. The SMILES string of the molecule is Cc1cccc(NC(=O)CCNC(=O)c2ccc(CN3CCCC3)o2)c1.